The Morgan fingerprint density at radius 1 is 1.20 bits per heavy atom. The molecule has 1 N–H and O–H groups in total. The van der Waals surface area contributed by atoms with E-state index in [9.17, 15) is 9.59 Å². The van der Waals surface area contributed by atoms with Crippen molar-refractivity contribution in [2.24, 2.45) is 11.3 Å². The van der Waals surface area contributed by atoms with Gasteiger partial charge in [-0.25, -0.2) is 0 Å². The molecule has 0 bridgehead atoms. The summed E-state index contributed by atoms with van der Waals surface area (Å²) in [6.45, 7) is 14.6. The molecular weight excluding hydrogens is 252 g/mol. The lowest BCUT2D eigenvalue weighted by Crippen LogP contribution is -2.71. The van der Waals surface area contributed by atoms with Gasteiger partial charge in [0.1, 0.15) is 11.6 Å². The second kappa shape index (κ2) is 5.74. The van der Waals surface area contributed by atoms with Crippen molar-refractivity contribution in [1.82, 2.24) is 10.2 Å². The van der Waals surface area contributed by atoms with Crippen molar-refractivity contribution < 1.29 is 9.59 Å². The largest absolute Gasteiger partial charge is 0.342 e. The minimum atomic E-state index is -0.762. The summed E-state index contributed by atoms with van der Waals surface area (Å²) in [4.78, 5) is 27.0. The van der Waals surface area contributed by atoms with Crippen LogP contribution < -0.4 is 5.32 Å². The molecule has 0 aromatic carbocycles. The van der Waals surface area contributed by atoms with Gasteiger partial charge in [0.2, 0.25) is 11.8 Å². The van der Waals surface area contributed by atoms with Crippen molar-refractivity contribution in [3.05, 3.63) is 0 Å². The predicted molar refractivity (Wildman–Crippen MR) is 81.2 cm³/mol. The molecule has 0 radical (unpaired) electrons. The average Bonchev–Trinajstić information content (AvgIpc) is 2.33. The Hall–Kier alpha value is -1.06. The Balaban J connectivity index is 3.08. The molecule has 1 unspecified atom stereocenters. The monoisotopic (exact) mass is 282 g/mol. The zero-order valence-electron chi connectivity index (χ0n) is 14.0. The molecule has 4 heteroatoms. The number of piperazine rings is 1. The minimum Gasteiger partial charge on any atom is -0.342 e. The van der Waals surface area contributed by atoms with Crippen LogP contribution in [0.5, 0.6) is 0 Å². The highest BCUT2D eigenvalue weighted by atomic mass is 16.2. The van der Waals surface area contributed by atoms with Gasteiger partial charge < -0.3 is 10.2 Å². The first kappa shape index (κ1) is 17.0. The molecule has 0 spiro atoms. The standard InChI is InChI=1S/C16H30N2O2/c1-8-11(9-2)10-18-13(19)12(15(3,4)5)17-14(20)16(18,6)7/h11-12H,8-10H2,1-7H3,(H,17,20). The Morgan fingerprint density at radius 2 is 1.70 bits per heavy atom. The van der Waals surface area contributed by atoms with E-state index in [2.05, 4.69) is 19.2 Å². The van der Waals surface area contributed by atoms with E-state index in [1.165, 1.54) is 0 Å². The van der Waals surface area contributed by atoms with Gasteiger partial charge >= 0.3 is 0 Å². The van der Waals surface area contributed by atoms with E-state index >= 15 is 0 Å². The van der Waals surface area contributed by atoms with Crippen LogP contribution >= 0.6 is 0 Å². The Labute approximate surface area is 123 Å². The third-order valence-electron chi connectivity index (χ3n) is 4.48. The van der Waals surface area contributed by atoms with Gasteiger partial charge in [0.15, 0.2) is 0 Å². The third kappa shape index (κ3) is 3.15. The van der Waals surface area contributed by atoms with Crippen LogP contribution in [0.4, 0.5) is 0 Å². The zero-order valence-corrected chi connectivity index (χ0v) is 14.0. The maximum atomic E-state index is 12.8. The summed E-state index contributed by atoms with van der Waals surface area (Å²) in [5.41, 5.74) is -1.03. The molecule has 2 amide bonds. The summed E-state index contributed by atoms with van der Waals surface area (Å²) in [7, 11) is 0. The average molecular weight is 282 g/mol. The molecule has 1 rings (SSSR count). The molecule has 1 fully saturated rings. The lowest BCUT2D eigenvalue weighted by atomic mass is 9.81. The fourth-order valence-electron chi connectivity index (χ4n) is 2.63. The highest BCUT2D eigenvalue weighted by molar-refractivity contribution is 5.99. The summed E-state index contributed by atoms with van der Waals surface area (Å²) >= 11 is 0. The molecule has 1 aliphatic rings. The van der Waals surface area contributed by atoms with Crippen molar-refractivity contribution in [2.75, 3.05) is 6.54 Å². The first-order valence-corrected chi connectivity index (χ1v) is 7.68. The number of nitrogens with one attached hydrogen (secondary N) is 1. The van der Waals surface area contributed by atoms with Gasteiger partial charge in [-0.2, -0.15) is 0 Å². The number of rotatable bonds is 4. The summed E-state index contributed by atoms with van der Waals surface area (Å²) in [6.07, 6.45) is 2.05. The van der Waals surface area contributed by atoms with E-state index in [0.29, 0.717) is 12.5 Å². The summed E-state index contributed by atoms with van der Waals surface area (Å²) in [6, 6.07) is -0.433. The van der Waals surface area contributed by atoms with Gasteiger partial charge in [0.05, 0.1) is 0 Å². The summed E-state index contributed by atoms with van der Waals surface area (Å²) < 4.78 is 0. The molecule has 1 saturated heterocycles. The molecule has 116 valence electrons. The van der Waals surface area contributed by atoms with E-state index < -0.39 is 11.6 Å². The first-order valence-electron chi connectivity index (χ1n) is 7.68. The molecule has 0 aromatic heterocycles. The van der Waals surface area contributed by atoms with Crippen LogP contribution in [0.2, 0.25) is 0 Å². The zero-order chi connectivity index (χ0) is 15.7. The van der Waals surface area contributed by atoms with Crippen molar-refractivity contribution in [3.8, 4) is 0 Å². The van der Waals surface area contributed by atoms with Crippen molar-refractivity contribution in [1.29, 1.82) is 0 Å². The highest BCUT2D eigenvalue weighted by Gasteiger charge is 2.49. The molecule has 4 nitrogen and oxygen atoms in total. The van der Waals surface area contributed by atoms with Gasteiger partial charge in [0.25, 0.3) is 0 Å². The maximum absolute atomic E-state index is 12.8. The molecule has 20 heavy (non-hydrogen) atoms. The first-order chi connectivity index (χ1) is 9.05. The van der Waals surface area contributed by atoms with Gasteiger partial charge in [-0.15, -0.1) is 0 Å². The number of nitrogens with zero attached hydrogens (tertiary/aromatic N) is 1. The summed E-state index contributed by atoms with van der Waals surface area (Å²) in [5.74, 6) is 0.446. The maximum Gasteiger partial charge on any atom is 0.246 e. The second-order valence-electron chi connectivity index (χ2n) is 7.46. The van der Waals surface area contributed by atoms with Crippen LogP contribution in [-0.4, -0.2) is 34.8 Å². The number of carbonyl (C=O) groups excluding carboxylic acids is 2. The lowest BCUT2D eigenvalue weighted by molar-refractivity contribution is -0.159. The van der Waals surface area contributed by atoms with Crippen molar-refractivity contribution in [3.63, 3.8) is 0 Å². The molecular formula is C16H30N2O2. The smallest absolute Gasteiger partial charge is 0.246 e. The van der Waals surface area contributed by atoms with E-state index in [0.717, 1.165) is 12.8 Å². The Morgan fingerprint density at radius 3 is 2.10 bits per heavy atom. The van der Waals surface area contributed by atoms with Crippen molar-refractivity contribution in [2.45, 2.75) is 72.9 Å². The Kier molecular flexibility index (Phi) is 4.88. The number of amides is 2. The van der Waals surface area contributed by atoms with Crippen LogP contribution in [0, 0.1) is 11.3 Å². The molecule has 1 atom stereocenters. The van der Waals surface area contributed by atoms with Crippen LogP contribution in [0.15, 0.2) is 0 Å². The SMILES string of the molecule is CCC(CC)CN1C(=O)C(C(C)(C)C)NC(=O)C1(C)C. The van der Waals surface area contributed by atoms with Crippen LogP contribution in [0.3, 0.4) is 0 Å². The van der Waals surface area contributed by atoms with E-state index in [-0.39, 0.29) is 17.2 Å². The van der Waals surface area contributed by atoms with Crippen LogP contribution in [0.1, 0.15) is 61.3 Å². The molecule has 0 saturated carbocycles. The number of hydrogen-bond acceptors (Lipinski definition) is 2. The number of hydrogen-bond donors (Lipinski definition) is 1. The minimum absolute atomic E-state index is 0.0500. The quantitative estimate of drug-likeness (QED) is 0.861. The lowest BCUT2D eigenvalue weighted by Gasteiger charge is -2.48. The third-order valence-corrected chi connectivity index (χ3v) is 4.48. The normalized spacial score (nSPS) is 23.2. The van der Waals surface area contributed by atoms with E-state index in [1.807, 2.05) is 34.6 Å². The second-order valence-corrected chi connectivity index (χ2v) is 7.46. The summed E-state index contributed by atoms with van der Waals surface area (Å²) in [5, 5.41) is 2.91. The van der Waals surface area contributed by atoms with E-state index in [4.69, 9.17) is 0 Å². The van der Waals surface area contributed by atoms with Gasteiger partial charge in [0, 0.05) is 6.54 Å². The van der Waals surface area contributed by atoms with Gasteiger partial charge in [-0.05, 0) is 25.2 Å². The van der Waals surface area contributed by atoms with Gasteiger partial charge in [-0.1, -0.05) is 47.5 Å². The number of carbonyl (C=O) groups is 2. The molecule has 1 heterocycles. The molecule has 1 aliphatic heterocycles. The topological polar surface area (TPSA) is 49.4 Å². The van der Waals surface area contributed by atoms with Crippen LogP contribution in [0.25, 0.3) is 0 Å². The van der Waals surface area contributed by atoms with E-state index in [1.54, 1.807) is 4.90 Å². The fraction of sp³-hybridized carbons (Fsp3) is 0.875. The van der Waals surface area contributed by atoms with Crippen molar-refractivity contribution >= 4 is 11.8 Å². The molecule has 0 aromatic rings. The van der Waals surface area contributed by atoms with Crippen LogP contribution in [-0.2, 0) is 9.59 Å². The fourth-order valence-corrected chi connectivity index (χ4v) is 2.63. The molecule has 0 aliphatic carbocycles. The predicted octanol–water partition coefficient (Wildman–Crippen LogP) is 2.57. The van der Waals surface area contributed by atoms with Gasteiger partial charge in [-0.3, -0.25) is 9.59 Å². The highest BCUT2D eigenvalue weighted by Crippen LogP contribution is 2.30. The Bertz CT molecular complexity index is 378.